The monoisotopic (exact) mass is 291 g/mol. The largest absolute Gasteiger partial charge is 0.480 e. The smallest absolute Gasteiger partial charge is 0.411 e. The van der Waals surface area contributed by atoms with Gasteiger partial charge in [-0.05, 0) is 26.7 Å². The minimum atomic E-state index is -2.83. The fourth-order valence-corrected chi connectivity index (χ4v) is 3.12. The van der Waals surface area contributed by atoms with Gasteiger partial charge in [-0.15, -0.1) is 0 Å². The van der Waals surface area contributed by atoms with Gasteiger partial charge in [0.1, 0.15) is 11.6 Å². The zero-order valence-electron chi connectivity index (χ0n) is 11.7. The maximum absolute atomic E-state index is 13.4. The first-order valence-corrected chi connectivity index (χ1v) is 6.60. The van der Waals surface area contributed by atoms with Crippen LogP contribution in [-0.2, 0) is 9.53 Å². The Balaban J connectivity index is 2.16. The van der Waals surface area contributed by atoms with Gasteiger partial charge in [0.2, 0.25) is 5.92 Å². The molecule has 5 nitrogen and oxygen atoms in total. The van der Waals surface area contributed by atoms with Gasteiger partial charge in [0.05, 0.1) is 0 Å². The van der Waals surface area contributed by atoms with Crippen molar-refractivity contribution in [2.45, 2.75) is 51.2 Å². The van der Waals surface area contributed by atoms with E-state index in [9.17, 15) is 23.5 Å². The van der Waals surface area contributed by atoms with Gasteiger partial charge in [0.15, 0.2) is 0 Å². The van der Waals surface area contributed by atoms with Crippen LogP contribution in [0.5, 0.6) is 0 Å². The second kappa shape index (κ2) is 4.56. The Labute approximate surface area is 115 Å². The maximum atomic E-state index is 13.4. The fraction of sp³-hybridized carbons (Fsp3) is 0.846. The Kier molecular flexibility index (Phi) is 3.42. The minimum absolute atomic E-state index is 0.0200. The highest BCUT2D eigenvalue weighted by Crippen LogP contribution is 2.49. The average molecular weight is 291 g/mol. The molecule has 2 aliphatic rings. The third-order valence-electron chi connectivity index (χ3n) is 3.75. The molecule has 1 aliphatic heterocycles. The number of ether oxygens (including phenoxy) is 1. The molecule has 0 aromatic carbocycles. The summed E-state index contributed by atoms with van der Waals surface area (Å²) < 4.78 is 31.9. The van der Waals surface area contributed by atoms with Crippen LogP contribution in [0.4, 0.5) is 13.6 Å². The van der Waals surface area contributed by atoms with E-state index < -0.39 is 47.9 Å². The van der Waals surface area contributed by atoms with E-state index in [0.29, 0.717) is 0 Å². The van der Waals surface area contributed by atoms with Crippen molar-refractivity contribution in [3.8, 4) is 0 Å². The van der Waals surface area contributed by atoms with Crippen molar-refractivity contribution in [2.75, 3.05) is 6.54 Å². The van der Waals surface area contributed by atoms with Gasteiger partial charge < -0.3 is 9.84 Å². The van der Waals surface area contributed by atoms with Crippen LogP contribution in [0.25, 0.3) is 0 Å². The minimum Gasteiger partial charge on any atom is -0.480 e. The molecule has 0 unspecified atom stereocenters. The number of carboxylic acids is 1. The molecule has 1 saturated carbocycles. The summed E-state index contributed by atoms with van der Waals surface area (Å²) in [5, 5.41) is 9.25. The first kappa shape index (κ1) is 15.0. The van der Waals surface area contributed by atoms with E-state index in [0.717, 1.165) is 4.90 Å². The molecular formula is C13H19F2NO4. The number of halogens is 2. The number of aliphatic carboxylic acids is 1. The van der Waals surface area contributed by atoms with E-state index in [1.807, 2.05) is 0 Å². The number of alkyl halides is 2. The summed E-state index contributed by atoms with van der Waals surface area (Å²) in [7, 11) is 0. The molecule has 2 fully saturated rings. The SMILES string of the molecule is CC(C)(C)OC(=O)N1C[C@@H]2CC(F)(F)C[C@@H]2[C@@H]1C(=O)O. The predicted molar refractivity (Wildman–Crippen MR) is 65.5 cm³/mol. The molecule has 7 heteroatoms. The first-order valence-electron chi connectivity index (χ1n) is 6.60. The van der Waals surface area contributed by atoms with Gasteiger partial charge in [0.25, 0.3) is 0 Å². The molecule has 0 bridgehead atoms. The van der Waals surface area contributed by atoms with Gasteiger partial charge >= 0.3 is 12.1 Å². The van der Waals surface area contributed by atoms with Gasteiger partial charge in [-0.1, -0.05) is 0 Å². The van der Waals surface area contributed by atoms with Crippen LogP contribution in [0.1, 0.15) is 33.6 Å². The van der Waals surface area contributed by atoms with E-state index in [1.54, 1.807) is 20.8 Å². The highest BCUT2D eigenvalue weighted by molar-refractivity contribution is 5.81. The molecule has 2 rings (SSSR count). The number of hydrogen-bond donors (Lipinski definition) is 1. The van der Waals surface area contributed by atoms with Crippen molar-refractivity contribution in [1.82, 2.24) is 4.90 Å². The number of hydrogen-bond acceptors (Lipinski definition) is 3. The van der Waals surface area contributed by atoms with Crippen molar-refractivity contribution in [2.24, 2.45) is 11.8 Å². The lowest BCUT2D eigenvalue weighted by Crippen LogP contribution is -2.46. The number of likely N-dealkylation sites (tertiary alicyclic amines) is 1. The van der Waals surface area contributed by atoms with Crippen LogP contribution < -0.4 is 0 Å². The van der Waals surface area contributed by atoms with Crippen LogP contribution >= 0.6 is 0 Å². The van der Waals surface area contributed by atoms with Crippen molar-refractivity contribution >= 4 is 12.1 Å². The summed E-state index contributed by atoms with van der Waals surface area (Å²) in [5.41, 5.74) is -0.748. The van der Waals surface area contributed by atoms with Gasteiger partial charge in [-0.2, -0.15) is 0 Å². The summed E-state index contributed by atoms with van der Waals surface area (Å²) in [5.74, 6) is -5.25. The number of carboxylic acid groups (broad SMARTS) is 1. The zero-order chi connectivity index (χ0) is 15.3. The molecule has 1 amide bonds. The Morgan fingerprint density at radius 2 is 1.90 bits per heavy atom. The quantitative estimate of drug-likeness (QED) is 0.805. The van der Waals surface area contributed by atoms with E-state index in [1.165, 1.54) is 0 Å². The molecule has 0 aromatic rings. The number of rotatable bonds is 1. The molecule has 20 heavy (non-hydrogen) atoms. The van der Waals surface area contributed by atoms with E-state index in [2.05, 4.69) is 0 Å². The van der Waals surface area contributed by atoms with E-state index in [4.69, 9.17) is 4.74 Å². The average Bonchev–Trinajstić information content (AvgIpc) is 2.65. The molecule has 114 valence electrons. The zero-order valence-corrected chi connectivity index (χ0v) is 11.7. The van der Waals surface area contributed by atoms with Crippen LogP contribution in [0, 0.1) is 11.8 Å². The number of nitrogens with zero attached hydrogens (tertiary/aromatic N) is 1. The number of amides is 1. The van der Waals surface area contributed by atoms with Gasteiger partial charge in [0, 0.05) is 25.3 Å². The molecule has 3 atom stereocenters. The van der Waals surface area contributed by atoms with Crippen LogP contribution in [0.2, 0.25) is 0 Å². The highest BCUT2D eigenvalue weighted by Gasteiger charge is 2.58. The lowest BCUT2D eigenvalue weighted by Gasteiger charge is -2.28. The van der Waals surface area contributed by atoms with Gasteiger partial charge in [-0.25, -0.2) is 18.4 Å². The summed E-state index contributed by atoms with van der Waals surface area (Å²) in [6, 6.07) is -1.22. The van der Waals surface area contributed by atoms with Crippen molar-refractivity contribution in [3.63, 3.8) is 0 Å². The van der Waals surface area contributed by atoms with Crippen molar-refractivity contribution in [1.29, 1.82) is 0 Å². The Morgan fingerprint density at radius 3 is 2.40 bits per heavy atom. The molecule has 0 radical (unpaired) electrons. The first-order chi connectivity index (χ1) is 9.00. The second-order valence-electron chi connectivity index (χ2n) is 6.60. The second-order valence-corrected chi connectivity index (χ2v) is 6.60. The standard InChI is InChI=1S/C13H19F2NO4/c1-12(2,3)20-11(19)16-6-7-4-13(14,15)5-8(7)9(16)10(17)18/h7-9H,4-6H2,1-3H3,(H,17,18)/t7-,8-,9+/m0/s1. The van der Waals surface area contributed by atoms with Crippen LogP contribution in [0.3, 0.4) is 0 Å². The molecular weight excluding hydrogens is 272 g/mol. The van der Waals surface area contributed by atoms with E-state index >= 15 is 0 Å². The number of carbonyl (C=O) groups excluding carboxylic acids is 1. The lowest BCUT2D eigenvalue weighted by atomic mass is 9.94. The Morgan fingerprint density at radius 1 is 1.30 bits per heavy atom. The maximum Gasteiger partial charge on any atom is 0.411 e. The predicted octanol–water partition coefficient (Wildman–Crippen LogP) is 2.35. The third-order valence-corrected chi connectivity index (χ3v) is 3.75. The molecule has 1 saturated heterocycles. The highest BCUT2D eigenvalue weighted by atomic mass is 19.3. The van der Waals surface area contributed by atoms with Crippen LogP contribution in [-0.4, -0.2) is 46.2 Å². The molecule has 0 spiro atoms. The normalized spacial score (nSPS) is 32.0. The summed E-state index contributed by atoms with van der Waals surface area (Å²) >= 11 is 0. The Hall–Kier alpha value is -1.40. The summed E-state index contributed by atoms with van der Waals surface area (Å²) in [4.78, 5) is 24.4. The number of carbonyl (C=O) groups is 2. The molecule has 1 heterocycles. The molecule has 0 aromatic heterocycles. The van der Waals surface area contributed by atoms with Crippen molar-refractivity contribution in [3.05, 3.63) is 0 Å². The number of fused-ring (bicyclic) bond motifs is 1. The summed E-state index contributed by atoms with van der Waals surface area (Å²) in [6.45, 7) is 5.04. The van der Waals surface area contributed by atoms with Crippen LogP contribution in [0.15, 0.2) is 0 Å². The topological polar surface area (TPSA) is 66.8 Å². The van der Waals surface area contributed by atoms with Crippen molar-refractivity contribution < 1.29 is 28.2 Å². The summed E-state index contributed by atoms with van der Waals surface area (Å²) in [6.07, 6.45) is -1.59. The van der Waals surface area contributed by atoms with Gasteiger partial charge in [-0.3, -0.25) is 4.90 Å². The fourth-order valence-electron chi connectivity index (χ4n) is 3.12. The third kappa shape index (κ3) is 2.86. The Bertz CT molecular complexity index is 433. The molecule has 1 N–H and O–H groups in total. The van der Waals surface area contributed by atoms with E-state index in [-0.39, 0.29) is 13.0 Å². The lowest BCUT2D eigenvalue weighted by molar-refractivity contribution is -0.143. The molecule has 1 aliphatic carbocycles.